The molecule has 1 N–H and O–H groups in total. The SMILES string of the molecule is CCC1CCOC(CO)CC1. The molecule has 0 aromatic rings. The molecule has 0 bridgehead atoms. The van der Waals surface area contributed by atoms with Crippen LogP contribution < -0.4 is 0 Å². The smallest absolute Gasteiger partial charge is 0.0805 e. The summed E-state index contributed by atoms with van der Waals surface area (Å²) in [5.41, 5.74) is 0. The standard InChI is InChI=1S/C9H18O2/c1-2-8-3-4-9(7-10)11-6-5-8/h8-10H,2-7H2,1H3. The molecule has 0 spiro atoms. The zero-order valence-corrected chi connectivity index (χ0v) is 7.25. The fraction of sp³-hybridized carbons (Fsp3) is 1.00. The summed E-state index contributed by atoms with van der Waals surface area (Å²) in [6.45, 7) is 3.25. The van der Waals surface area contributed by atoms with Crippen LogP contribution in [0.2, 0.25) is 0 Å². The van der Waals surface area contributed by atoms with Crippen LogP contribution in [0.4, 0.5) is 0 Å². The predicted octanol–water partition coefficient (Wildman–Crippen LogP) is 1.57. The number of aliphatic hydroxyl groups is 1. The third-order valence-corrected chi connectivity index (χ3v) is 2.56. The molecule has 66 valence electrons. The van der Waals surface area contributed by atoms with E-state index in [1.165, 1.54) is 19.3 Å². The van der Waals surface area contributed by atoms with E-state index in [1.807, 2.05) is 0 Å². The number of hydrogen-bond acceptors (Lipinski definition) is 2. The topological polar surface area (TPSA) is 29.5 Å². The van der Waals surface area contributed by atoms with Crippen molar-refractivity contribution in [3.8, 4) is 0 Å². The molecule has 1 rings (SSSR count). The van der Waals surface area contributed by atoms with Gasteiger partial charge < -0.3 is 9.84 Å². The Labute approximate surface area is 68.6 Å². The third-order valence-electron chi connectivity index (χ3n) is 2.56. The fourth-order valence-corrected chi connectivity index (χ4v) is 1.60. The van der Waals surface area contributed by atoms with Crippen molar-refractivity contribution in [2.75, 3.05) is 13.2 Å². The van der Waals surface area contributed by atoms with Gasteiger partial charge in [0.15, 0.2) is 0 Å². The summed E-state index contributed by atoms with van der Waals surface area (Å²) in [5, 5.41) is 8.85. The highest BCUT2D eigenvalue weighted by Gasteiger charge is 2.16. The third kappa shape index (κ3) is 2.80. The quantitative estimate of drug-likeness (QED) is 0.661. The summed E-state index contributed by atoms with van der Waals surface area (Å²) in [6, 6.07) is 0. The highest BCUT2D eigenvalue weighted by molar-refractivity contribution is 4.66. The minimum absolute atomic E-state index is 0.117. The van der Waals surface area contributed by atoms with Crippen LogP contribution in [0.3, 0.4) is 0 Å². The molecule has 1 aliphatic rings. The van der Waals surface area contributed by atoms with E-state index in [0.29, 0.717) is 0 Å². The first-order valence-electron chi connectivity index (χ1n) is 4.59. The van der Waals surface area contributed by atoms with Gasteiger partial charge in [-0.3, -0.25) is 0 Å². The molecule has 2 unspecified atom stereocenters. The predicted molar refractivity (Wildman–Crippen MR) is 44.5 cm³/mol. The lowest BCUT2D eigenvalue weighted by Gasteiger charge is -2.10. The van der Waals surface area contributed by atoms with Gasteiger partial charge in [0.1, 0.15) is 0 Å². The summed E-state index contributed by atoms with van der Waals surface area (Å²) in [5.74, 6) is 0.826. The molecule has 11 heavy (non-hydrogen) atoms. The van der Waals surface area contributed by atoms with E-state index in [0.717, 1.165) is 18.9 Å². The van der Waals surface area contributed by atoms with Crippen LogP contribution in [0.25, 0.3) is 0 Å². The van der Waals surface area contributed by atoms with Gasteiger partial charge in [-0.2, -0.15) is 0 Å². The van der Waals surface area contributed by atoms with E-state index in [-0.39, 0.29) is 12.7 Å². The van der Waals surface area contributed by atoms with Gasteiger partial charge in [0.2, 0.25) is 0 Å². The maximum absolute atomic E-state index is 8.85. The molecule has 0 aliphatic carbocycles. The normalized spacial score (nSPS) is 33.3. The van der Waals surface area contributed by atoms with Crippen molar-refractivity contribution in [3.05, 3.63) is 0 Å². The molecular weight excluding hydrogens is 140 g/mol. The molecule has 1 aliphatic heterocycles. The van der Waals surface area contributed by atoms with Crippen LogP contribution in [0, 0.1) is 5.92 Å². The van der Waals surface area contributed by atoms with Crippen molar-refractivity contribution < 1.29 is 9.84 Å². The van der Waals surface area contributed by atoms with Crippen molar-refractivity contribution >= 4 is 0 Å². The van der Waals surface area contributed by atoms with E-state index in [1.54, 1.807) is 0 Å². The van der Waals surface area contributed by atoms with Crippen LogP contribution >= 0.6 is 0 Å². The molecular formula is C9H18O2. The zero-order valence-electron chi connectivity index (χ0n) is 7.25. The first-order valence-corrected chi connectivity index (χ1v) is 4.59. The molecule has 0 saturated carbocycles. The minimum atomic E-state index is 0.117. The van der Waals surface area contributed by atoms with Crippen LogP contribution in [0.5, 0.6) is 0 Å². The lowest BCUT2D eigenvalue weighted by molar-refractivity contribution is 0.0170. The average Bonchev–Trinajstić information content (AvgIpc) is 2.28. The summed E-state index contributed by atoms with van der Waals surface area (Å²) in [6.07, 6.45) is 4.80. The molecule has 1 heterocycles. The van der Waals surface area contributed by atoms with Gasteiger partial charge in [-0.15, -0.1) is 0 Å². The van der Waals surface area contributed by atoms with E-state index in [4.69, 9.17) is 9.84 Å². The largest absolute Gasteiger partial charge is 0.394 e. The molecule has 2 nitrogen and oxygen atoms in total. The Balaban J connectivity index is 2.27. The van der Waals surface area contributed by atoms with Gasteiger partial charge in [0.25, 0.3) is 0 Å². The number of rotatable bonds is 2. The Morgan fingerprint density at radius 3 is 2.82 bits per heavy atom. The van der Waals surface area contributed by atoms with Gasteiger partial charge >= 0.3 is 0 Å². The Hall–Kier alpha value is -0.0800. The zero-order chi connectivity index (χ0) is 8.10. The molecule has 0 amide bonds. The second-order valence-electron chi connectivity index (χ2n) is 3.32. The van der Waals surface area contributed by atoms with Crippen LogP contribution in [-0.4, -0.2) is 24.4 Å². The van der Waals surface area contributed by atoms with Crippen molar-refractivity contribution in [3.63, 3.8) is 0 Å². The highest BCUT2D eigenvalue weighted by Crippen LogP contribution is 2.21. The Morgan fingerprint density at radius 1 is 1.36 bits per heavy atom. The average molecular weight is 158 g/mol. The second-order valence-corrected chi connectivity index (χ2v) is 3.32. The first-order chi connectivity index (χ1) is 5.36. The van der Waals surface area contributed by atoms with E-state index < -0.39 is 0 Å². The molecule has 2 atom stereocenters. The lowest BCUT2D eigenvalue weighted by Crippen LogP contribution is -2.15. The number of hydrogen-bond donors (Lipinski definition) is 1. The van der Waals surface area contributed by atoms with Crippen molar-refractivity contribution in [1.29, 1.82) is 0 Å². The number of aliphatic hydroxyl groups excluding tert-OH is 1. The van der Waals surface area contributed by atoms with Gasteiger partial charge in [-0.1, -0.05) is 13.3 Å². The van der Waals surface area contributed by atoms with Crippen molar-refractivity contribution in [2.45, 2.75) is 38.7 Å². The monoisotopic (exact) mass is 158 g/mol. The number of ether oxygens (including phenoxy) is 1. The van der Waals surface area contributed by atoms with Crippen LogP contribution in [0.15, 0.2) is 0 Å². The van der Waals surface area contributed by atoms with Gasteiger partial charge in [-0.25, -0.2) is 0 Å². The van der Waals surface area contributed by atoms with Crippen LogP contribution in [-0.2, 0) is 4.74 Å². The lowest BCUT2D eigenvalue weighted by atomic mass is 9.97. The molecule has 2 heteroatoms. The molecule has 1 fully saturated rings. The van der Waals surface area contributed by atoms with Crippen LogP contribution in [0.1, 0.15) is 32.6 Å². The fourth-order valence-electron chi connectivity index (χ4n) is 1.60. The maximum atomic E-state index is 8.85. The van der Waals surface area contributed by atoms with E-state index in [9.17, 15) is 0 Å². The molecule has 0 radical (unpaired) electrons. The van der Waals surface area contributed by atoms with Crippen molar-refractivity contribution in [2.24, 2.45) is 5.92 Å². The molecule has 0 aromatic heterocycles. The maximum Gasteiger partial charge on any atom is 0.0805 e. The van der Waals surface area contributed by atoms with E-state index in [2.05, 4.69) is 6.92 Å². The van der Waals surface area contributed by atoms with Gasteiger partial charge in [0.05, 0.1) is 12.7 Å². The van der Waals surface area contributed by atoms with E-state index >= 15 is 0 Å². The Morgan fingerprint density at radius 2 is 2.18 bits per heavy atom. The first kappa shape index (κ1) is 9.01. The minimum Gasteiger partial charge on any atom is -0.394 e. The van der Waals surface area contributed by atoms with Gasteiger partial charge in [-0.05, 0) is 25.2 Å². The Kier molecular flexibility index (Phi) is 3.87. The molecule has 0 aromatic carbocycles. The molecule has 1 saturated heterocycles. The van der Waals surface area contributed by atoms with Crippen molar-refractivity contribution in [1.82, 2.24) is 0 Å². The summed E-state index contributed by atoms with van der Waals surface area (Å²) in [7, 11) is 0. The second kappa shape index (κ2) is 4.73. The Bertz CT molecular complexity index is 91.7. The summed E-state index contributed by atoms with van der Waals surface area (Å²) >= 11 is 0. The highest BCUT2D eigenvalue weighted by atomic mass is 16.5. The summed E-state index contributed by atoms with van der Waals surface area (Å²) < 4.78 is 5.43. The van der Waals surface area contributed by atoms with Gasteiger partial charge in [0, 0.05) is 6.61 Å². The summed E-state index contributed by atoms with van der Waals surface area (Å²) in [4.78, 5) is 0.